The van der Waals surface area contributed by atoms with E-state index in [2.05, 4.69) is 21.9 Å². The quantitative estimate of drug-likeness (QED) is 0.560. The summed E-state index contributed by atoms with van der Waals surface area (Å²) in [6, 6.07) is 3.12. The smallest absolute Gasteiger partial charge is 0.270 e. The van der Waals surface area contributed by atoms with Crippen LogP contribution in [0.25, 0.3) is 0 Å². The Kier molecular flexibility index (Phi) is 6.49. The predicted octanol–water partition coefficient (Wildman–Crippen LogP) is 1.30. The van der Waals surface area contributed by atoms with Gasteiger partial charge in [-0.1, -0.05) is 13.5 Å². The summed E-state index contributed by atoms with van der Waals surface area (Å²) in [7, 11) is 1.42. The average molecular weight is 415 g/mol. The number of carbonyl (C=O) groups is 3. The van der Waals surface area contributed by atoms with Crippen LogP contribution in [-0.2, 0) is 9.59 Å². The van der Waals surface area contributed by atoms with Gasteiger partial charge in [0.1, 0.15) is 17.2 Å². The molecule has 0 aliphatic carbocycles. The number of amides is 3. The number of halogens is 1. The Hall–Kier alpha value is -3.23. The fourth-order valence-corrected chi connectivity index (χ4v) is 3.85. The van der Waals surface area contributed by atoms with Crippen molar-refractivity contribution in [1.82, 2.24) is 20.1 Å². The van der Waals surface area contributed by atoms with Gasteiger partial charge in [0.05, 0.1) is 6.54 Å². The lowest BCUT2D eigenvalue weighted by Crippen LogP contribution is -2.46. The van der Waals surface area contributed by atoms with Crippen LogP contribution in [0.2, 0.25) is 0 Å². The first-order chi connectivity index (χ1) is 14.3. The number of H-pyrrole nitrogens is 1. The minimum atomic E-state index is -0.551. The molecule has 1 fully saturated rings. The van der Waals surface area contributed by atoms with Crippen molar-refractivity contribution in [3.8, 4) is 0 Å². The molecule has 3 amide bonds. The van der Waals surface area contributed by atoms with E-state index in [1.807, 2.05) is 0 Å². The maximum Gasteiger partial charge on any atom is 0.270 e. The van der Waals surface area contributed by atoms with Crippen LogP contribution in [0.5, 0.6) is 0 Å². The molecule has 0 saturated carbocycles. The lowest BCUT2D eigenvalue weighted by Gasteiger charge is -2.32. The standard InChI is InChI=1S/C21H26FN5O3/c1-4-17(28)26-9-7-14(11-26)25-20(29)19(23-3)15-12-27(10-13(2)18(15)22)21(30)16-6-5-8-24-16/h4-6,8,13-14,24H,1,7,9-12H2,2-3H3,(H,25,29). The lowest BCUT2D eigenvalue weighted by molar-refractivity contribution is -0.125. The molecular weight excluding hydrogens is 389 g/mol. The van der Waals surface area contributed by atoms with E-state index in [9.17, 15) is 18.8 Å². The summed E-state index contributed by atoms with van der Waals surface area (Å²) in [5.74, 6) is -1.95. The first-order valence-electron chi connectivity index (χ1n) is 9.86. The topological polar surface area (TPSA) is 97.9 Å². The summed E-state index contributed by atoms with van der Waals surface area (Å²) in [4.78, 5) is 47.3. The fourth-order valence-electron chi connectivity index (χ4n) is 3.85. The fraction of sp³-hybridized carbons (Fsp3) is 0.429. The van der Waals surface area contributed by atoms with Gasteiger partial charge in [0.15, 0.2) is 0 Å². The highest BCUT2D eigenvalue weighted by Crippen LogP contribution is 2.27. The molecule has 2 N–H and O–H groups in total. The molecule has 3 rings (SSSR count). The molecule has 3 heterocycles. The van der Waals surface area contributed by atoms with Crippen LogP contribution >= 0.6 is 0 Å². The largest absolute Gasteiger partial charge is 0.357 e. The minimum Gasteiger partial charge on any atom is -0.357 e. The zero-order chi connectivity index (χ0) is 21.8. The van der Waals surface area contributed by atoms with E-state index >= 15 is 0 Å². The maximum absolute atomic E-state index is 15.0. The van der Waals surface area contributed by atoms with Gasteiger partial charge in [0.2, 0.25) is 5.91 Å². The van der Waals surface area contributed by atoms with E-state index in [4.69, 9.17) is 0 Å². The van der Waals surface area contributed by atoms with E-state index in [1.165, 1.54) is 18.0 Å². The number of aliphatic imine (C=N–C) groups is 1. The van der Waals surface area contributed by atoms with Gasteiger partial charge >= 0.3 is 0 Å². The number of nitrogens with one attached hydrogen (secondary N) is 2. The molecule has 0 spiro atoms. The van der Waals surface area contributed by atoms with Gasteiger partial charge in [-0.05, 0) is 24.6 Å². The monoisotopic (exact) mass is 415 g/mol. The number of rotatable bonds is 5. The second-order valence-corrected chi connectivity index (χ2v) is 7.52. The van der Waals surface area contributed by atoms with Crippen LogP contribution in [0.15, 0.2) is 47.4 Å². The molecule has 8 nitrogen and oxygen atoms in total. The van der Waals surface area contributed by atoms with Gasteiger partial charge in [0, 0.05) is 50.4 Å². The number of carbonyl (C=O) groups excluding carboxylic acids is 3. The highest BCUT2D eigenvalue weighted by atomic mass is 19.1. The molecule has 1 aromatic heterocycles. The van der Waals surface area contributed by atoms with Gasteiger partial charge < -0.3 is 20.1 Å². The normalized spacial score (nSPS) is 22.3. The molecule has 9 heteroatoms. The SMILES string of the molecule is C=CC(=O)N1CCC(NC(=O)C(=NC)C2=C(F)C(C)CN(C(=O)c3ccc[nH]3)C2)C1. The summed E-state index contributed by atoms with van der Waals surface area (Å²) in [6.07, 6.45) is 3.48. The Labute approximate surface area is 174 Å². The molecule has 30 heavy (non-hydrogen) atoms. The highest BCUT2D eigenvalue weighted by molar-refractivity contribution is 6.45. The van der Waals surface area contributed by atoms with Crippen molar-refractivity contribution < 1.29 is 18.8 Å². The van der Waals surface area contributed by atoms with Gasteiger partial charge in [-0.2, -0.15) is 0 Å². The number of hydrogen-bond donors (Lipinski definition) is 2. The number of aromatic amines is 1. The second kappa shape index (κ2) is 9.06. The van der Waals surface area contributed by atoms with Gasteiger partial charge in [-0.15, -0.1) is 0 Å². The Morgan fingerprint density at radius 2 is 2.10 bits per heavy atom. The van der Waals surface area contributed by atoms with Crippen LogP contribution < -0.4 is 5.32 Å². The molecule has 160 valence electrons. The summed E-state index contributed by atoms with van der Waals surface area (Å²) < 4.78 is 15.0. The molecule has 0 bridgehead atoms. The third-order valence-corrected chi connectivity index (χ3v) is 5.41. The molecule has 2 aliphatic heterocycles. The third-order valence-electron chi connectivity index (χ3n) is 5.41. The van der Waals surface area contributed by atoms with Crippen LogP contribution in [-0.4, -0.2) is 77.5 Å². The number of likely N-dealkylation sites (tertiary alicyclic amines) is 1. The van der Waals surface area contributed by atoms with Crippen LogP contribution in [0, 0.1) is 5.92 Å². The molecular formula is C21H26FN5O3. The highest BCUT2D eigenvalue weighted by Gasteiger charge is 2.34. The van der Waals surface area contributed by atoms with E-state index in [0.717, 1.165) is 0 Å². The summed E-state index contributed by atoms with van der Waals surface area (Å²) in [6.45, 7) is 6.19. The van der Waals surface area contributed by atoms with Crippen molar-refractivity contribution in [2.75, 3.05) is 33.2 Å². The summed E-state index contributed by atoms with van der Waals surface area (Å²) in [5.41, 5.74) is 0.490. The number of hydrogen-bond acceptors (Lipinski definition) is 4. The maximum atomic E-state index is 15.0. The van der Waals surface area contributed by atoms with Crippen LogP contribution in [0.1, 0.15) is 23.8 Å². The van der Waals surface area contributed by atoms with Crippen molar-refractivity contribution in [1.29, 1.82) is 0 Å². The Balaban J connectivity index is 1.73. The van der Waals surface area contributed by atoms with E-state index < -0.39 is 17.7 Å². The van der Waals surface area contributed by atoms with Crippen molar-refractivity contribution in [2.45, 2.75) is 19.4 Å². The van der Waals surface area contributed by atoms with Crippen molar-refractivity contribution in [2.24, 2.45) is 10.9 Å². The predicted molar refractivity (Wildman–Crippen MR) is 111 cm³/mol. The van der Waals surface area contributed by atoms with E-state index in [-0.39, 0.29) is 42.2 Å². The van der Waals surface area contributed by atoms with Crippen LogP contribution in [0.4, 0.5) is 4.39 Å². The number of aromatic nitrogens is 1. The molecule has 0 radical (unpaired) electrons. The van der Waals surface area contributed by atoms with E-state index in [1.54, 1.807) is 30.2 Å². The average Bonchev–Trinajstić information content (AvgIpc) is 3.42. The lowest BCUT2D eigenvalue weighted by atomic mass is 9.95. The number of nitrogens with zero attached hydrogens (tertiary/aromatic N) is 3. The molecule has 0 aromatic carbocycles. The van der Waals surface area contributed by atoms with Crippen LogP contribution in [0.3, 0.4) is 0 Å². The Bertz CT molecular complexity index is 906. The van der Waals surface area contributed by atoms with Gasteiger partial charge in [-0.25, -0.2) is 4.39 Å². The molecule has 2 unspecified atom stereocenters. The van der Waals surface area contributed by atoms with Crippen molar-refractivity contribution >= 4 is 23.4 Å². The zero-order valence-electron chi connectivity index (χ0n) is 17.2. The third kappa shape index (κ3) is 4.34. The molecule has 1 saturated heterocycles. The van der Waals surface area contributed by atoms with Crippen molar-refractivity contribution in [3.05, 3.63) is 48.1 Å². The molecule has 1 aromatic rings. The van der Waals surface area contributed by atoms with E-state index in [0.29, 0.717) is 25.2 Å². The second-order valence-electron chi connectivity index (χ2n) is 7.52. The Morgan fingerprint density at radius 3 is 2.73 bits per heavy atom. The minimum absolute atomic E-state index is 0.0307. The first-order valence-corrected chi connectivity index (χ1v) is 9.86. The van der Waals surface area contributed by atoms with Crippen molar-refractivity contribution in [3.63, 3.8) is 0 Å². The van der Waals surface area contributed by atoms with Gasteiger partial charge in [-0.3, -0.25) is 19.4 Å². The molecule has 2 aliphatic rings. The zero-order valence-corrected chi connectivity index (χ0v) is 17.2. The van der Waals surface area contributed by atoms with Gasteiger partial charge in [0.25, 0.3) is 11.8 Å². The summed E-state index contributed by atoms with van der Waals surface area (Å²) >= 11 is 0. The first kappa shape index (κ1) is 21.5. The molecule has 2 atom stereocenters. The summed E-state index contributed by atoms with van der Waals surface area (Å²) in [5, 5.41) is 2.83. The Morgan fingerprint density at radius 1 is 1.33 bits per heavy atom.